The molecule has 7 nitrogen and oxygen atoms in total. The van der Waals surface area contributed by atoms with Gasteiger partial charge < -0.3 is 15.0 Å². The smallest absolute Gasteiger partial charge is 0.292 e. The highest BCUT2D eigenvalue weighted by molar-refractivity contribution is 5.95. The number of amides is 1. The first-order valence-corrected chi connectivity index (χ1v) is 8.58. The van der Waals surface area contributed by atoms with Gasteiger partial charge in [-0.25, -0.2) is 4.39 Å². The lowest BCUT2D eigenvalue weighted by Crippen LogP contribution is -3.15. The number of benzene rings is 2. The number of methoxy groups -OCH3 is 1. The van der Waals surface area contributed by atoms with Gasteiger partial charge in [0.15, 0.2) is 17.6 Å². The van der Waals surface area contributed by atoms with E-state index in [0.29, 0.717) is 13.1 Å². The van der Waals surface area contributed by atoms with Crippen molar-refractivity contribution < 1.29 is 23.7 Å². The zero-order valence-electron chi connectivity index (χ0n) is 15.5. The number of nitro groups is 1. The standard InChI is InChI=1S/C19H22FN3O4/c1-4-22(12-14-9-10-18(27-3)15(20)11-14)13(2)19(24)21-16-7-5-6-8-17(16)23(25)26/h5-11,13H,4,12H2,1-3H3,(H,21,24)/p+1/t13-/m0/s1. The van der Waals surface area contributed by atoms with E-state index in [1.807, 2.05) is 6.92 Å². The molecule has 0 heterocycles. The lowest BCUT2D eigenvalue weighted by molar-refractivity contribution is -0.925. The molecule has 0 spiro atoms. The number of hydrogen-bond donors (Lipinski definition) is 2. The Morgan fingerprint density at radius 1 is 1.33 bits per heavy atom. The van der Waals surface area contributed by atoms with E-state index in [9.17, 15) is 19.3 Å². The summed E-state index contributed by atoms with van der Waals surface area (Å²) < 4.78 is 18.8. The van der Waals surface area contributed by atoms with Crippen LogP contribution in [-0.2, 0) is 11.3 Å². The Bertz CT molecular complexity index is 828. The summed E-state index contributed by atoms with van der Waals surface area (Å²) in [7, 11) is 1.40. The van der Waals surface area contributed by atoms with E-state index in [0.717, 1.165) is 10.5 Å². The molecule has 0 aliphatic rings. The molecule has 0 saturated heterocycles. The van der Waals surface area contributed by atoms with Crippen molar-refractivity contribution in [3.63, 3.8) is 0 Å². The molecule has 1 amide bonds. The summed E-state index contributed by atoms with van der Waals surface area (Å²) in [6, 6.07) is 10.2. The third-order valence-electron chi connectivity index (χ3n) is 4.47. The van der Waals surface area contributed by atoms with Crippen LogP contribution < -0.4 is 15.0 Å². The van der Waals surface area contributed by atoms with Crippen LogP contribution in [0, 0.1) is 15.9 Å². The predicted octanol–water partition coefficient (Wildman–Crippen LogP) is 2.17. The summed E-state index contributed by atoms with van der Waals surface area (Å²) in [4.78, 5) is 24.1. The van der Waals surface area contributed by atoms with Crippen molar-refractivity contribution in [2.45, 2.75) is 26.4 Å². The maximum atomic E-state index is 13.9. The third-order valence-corrected chi connectivity index (χ3v) is 4.47. The van der Waals surface area contributed by atoms with Crippen LogP contribution >= 0.6 is 0 Å². The molecule has 0 fully saturated rings. The molecule has 2 atom stereocenters. The van der Waals surface area contributed by atoms with Gasteiger partial charge in [0.05, 0.1) is 18.6 Å². The number of halogens is 1. The van der Waals surface area contributed by atoms with E-state index in [1.165, 1.54) is 25.3 Å². The van der Waals surface area contributed by atoms with Gasteiger partial charge in [-0.1, -0.05) is 12.1 Å². The van der Waals surface area contributed by atoms with Crippen molar-refractivity contribution in [1.29, 1.82) is 0 Å². The second-order valence-electron chi connectivity index (χ2n) is 6.14. The fourth-order valence-electron chi connectivity index (χ4n) is 2.83. The van der Waals surface area contributed by atoms with Gasteiger partial charge >= 0.3 is 0 Å². The van der Waals surface area contributed by atoms with Crippen LogP contribution in [0.1, 0.15) is 19.4 Å². The Labute approximate surface area is 156 Å². The van der Waals surface area contributed by atoms with Crippen LogP contribution in [0.15, 0.2) is 42.5 Å². The molecule has 0 saturated carbocycles. The molecular formula is C19H23FN3O4+. The summed E-state index contributed by atoms with van der Waals surface area (Å²) in [6.45, 7) is 4.72. The Morgan fingerprint density at radius 2 is 2.04 bits per heavy atom. The number of carbonyl (C=O) groups is 1. The fourth-order valence-corrected chi connectivity index (χ4v) is 2.83. The SMILES string of the molecule is CC[NH+](Cc1ccc(OC)c(F)c1)[C@@H](C)C(=O)Nc1ccccc1[N+](=O)[O-]. The van der Waals surface area contributed by atoms with E-state index in [1.54, 1.807) is 31.2 Å². The number of rotatable bonds is 8. The average Bonchev–Trinajstić information content (AvgIpc) is 2.65. The van der Waals surface area contributed by atoms with Crippen LogP contribution in [0.3, 0.4) is 0 Å². The molecular weight excluding hydrogens is 353 g/mol. The number of nitro benzene ring substituents is 1. The molecule has 2 aromatic carbocycles. The summed E-state index contributed by atoms with van der Waals surface area (Å²) in [5.41, 5.74) is 0.731. The van der Waals surface area contributed by atoms with Gasteiger partial charge in [-0.05, 0) is 38.1 Å². The van der Waals surface area contributed by atoms with Crippen LogP contribution in [0.5, 0.6) is 5.75 Å². The number of ether oxygens (including phenoxy) is 1. The minimum atomic E-state index is -0.537. The van der Waals surface area contributed by atoms with Gasteiger partial charge in [0, 0.05) is 11.6 Å². The second kappa shape index (κ2) is 9.09. The topological polar surface area (TPSA) is 85.9 Å². The highest BCUT2D eigenvalue weighted by atomic mass is 19.1. The minimum Gasteiger partial charge on any atom is -0.494 e. The molecule has 0 bridgehead atoms. The van der Waals surface area contributed by atoms with Gasteiger partial charge in [-0.3, -0.25) is 14.9 Å². The largest absolute Gasteiger partial charge is 0.494 e. The second-order valence-corrected chi connectivity index (χ2v) is 6.14. The molecule has 0 aliphatic carbocycles. The summed E-state index contributed by atoms with van der Waals surface area (Å²) >= 11 is 0. The van der Waals surface area contributed by atoms with Gasteiger partial charge in [-0.2, -0.15) is 0 Å². The van der Waals surface area contributed by atoms with Crippen LogP contribution in [0.25, 0.3) is 0 Å². The minimum absolute atomic E-state index is 0.158. The lowest BCUT2D eigenvalue weighted by atomic mass is 10.1. The molecule has 2 rings (SSSR count). The Kier molecular flexibility index (Phi) is 6.84. The number of likely N-dealkylation sites (N-methyl/N-ethyl adjacent to an activating group) is 1. The van der Waals surface area contributed by atoms with Crippen molar-refractivity contribution in [3.8, 4) is 5.75 Å². The molecule has 1 unspecified atom stereocenters. The average molecular weight is 376 g/mol. The van der Waals surface area contributed by atoms with Gasteiger partial charge in [0.2, 0.25) is 0 Å². The number of anilines is 1. The van der Waals surface area contributed by atoms with Gasteiger partial charge in [-0.15, -0.1) is 0 Å². The van der Waals surface area contributed by atoms with E-state index in [-0.39, 0.29) is 23.0 Å². The molecule has 27 heavy (non-hydrogen) atoms. The maximum absolute atomic E-state index is 13.9. The maximum Gasteiger partial charge on any atom is 0.292 e. The summed E-state index contributed by atoms with van der Waals surface area (Å²) in [5.74, 6) is -0.628. The van der Waals surface area contributed by atoms with Crippen molar-refractivity contribution in [3.05, 3.63) is 64.0 Å². The number of nitrogens with zero attached hydrogens (tertiary/aromatic N) is 1. The van der Waals surface area contributed by atoms with E-state index < -0.39 is 16.8 Å². The number of nitrogens with one attached hydrogen (secondary N) is 2. The van der Waals surface area contributed by atoms with Crippen molar-refractivity contribution in [1.82, 2.24) is 0 Å². The molecule has 144 valence electrons. The van der Waals surface area contributed by atoms with E-state index in [4.69, 9.17) is 4.74 Å². The summed E-state index contributed by atoms with van der Waals surface area (Å²) in [5, 5.41) is 13.7. The lowest BCUT2D eigenvalue weighted by Gasteiger charge is -2.24. The first-order valence-electron chi connectivity index (χ1n) is 8.58. The van der Waals surface area contributed by atoms with Crippen LogP contribution in [0.2, 0.25) is 0 Å². The highest BCUT2D eigenvalue weighted by Gasteiger charge is 2.26. The molecule has 2 aromatic rings. The normalized spacial score (nSPS) is 12.9. The Balaban J connectivity index is 2.12. The van der Waals surface area contributed by atoms with Crippen LogP contribution in [-0.4, -0.2) is 30.5 Å². The van der Waals surface area contributed by atoms with Crippen molar-refractivity contribution in [2.75, 3.05) is 19.0 Å². The molecule has 0 aliphatic heterocycles. The first kappa shape index (κ1) is 20.3. The van der Waals surface area contributed by atoms with Crippen molar-refractivity contribution >= 4 is 17.3 Å². The fraction of sp³-hybridized carbons (Fsp3) is 0.316. The summed E-state index contributed by atoms with van der Waals surface area (Å²) in [6.07, 6.45) is 0. The number of para-hydroxylation sites is 2. The number of carbonyl (C=O) groups excluding carboxylic acids is 1. The van der Waals surface area contributed by atoms with E-state index in [2.05, 4.69) is 5.32 Å². The monoisotopic (exact) mass is 376 g/mol. The molecule has 8 heteroatoms. The Morgan fingerprint density at radius 3 is 2.63 bits per heavy atom. The zero-order valence-corrected chi connectivity index (χ0v) is 15.5. The molecule has 0 aromatic heterocycles. The quantitative estimate of drug-likeness (QED) is 0.546. The third kappa shape index (κ3) is 5.01. The zero-order chi connectivity index (χ0) is 20.0. The first-order chi connectivity index (χ1) is 12.9. The number of quaternary nitrogens is 1. The predicted molar refractivity (Wildman–Crippen MR) is 99.3 cm³/mol. The van der Waals surface area contributed by atoms with Crippen LogP contribution in [0.4, 0.5) is 15.8 Å². The molecule has 2 N–H and O–H groups in total. The molecule has 0 radical (unpaired) electrons. The number of hydrogen-bond acceptors (Lipinski definition) is 4. The van der Waals surface area contributed by atoms with E-state index >= 15 is 0 Å². The van der Waals surface area contributed by atoms with Crippen molar-refractivity contribution in [2.24, 2.45) is 0 Å². The van der Waals surface area contributed by atoms with Gasteiger partial charge in [0.1, 0.15) is 12.2 Å². The van der Waals surface area contributed by atoms with Gasteiger partial charge in [0.25, 0.3) is 11.6 Å². The highest BCUT2D eigenvalue weighted by Crippen LogP contribution is 2.23. The Hall–Kier alpha value is -3.00.